The lowest BCUT2D eigenvalue weighted by molar-refractivity contribution is 0.102. The van der Waals surface area contributed by atoms with Gasteiger partial charge in [-0.15, -0.1) is 0 Å². The predicted octanol–water partition coefficient (Wildman–Crippen LogP) is 3.33. The van der Waals surface area contributed by atoms with Gasteiger partial charge < -0.3 is 20.3 Å². The molecule has 0 saturated carbocycles. The Balaban J connectivity index is 1.98. The van der Waals surface area contributed by atoms with E-state index in [2.05, 4.69) is 45.4 Å². The monoisotopic (exact) mass is 371 g/mol. The molecule has 146 valence electrons. The molecule has 1 aromatic heterocycles. The number of methoxy groups -OCH3 is 1. The summed E-state index contributed by atoms with van der Waals surface area (Å²) in [6.07, 6.45) is 3.93. The maximum atomic E-state index is 12.4. The highest BCUT2D eigenvalue weighted by molar-refractivity contribution is 6.03. The van der Waals surface area contributed by atoms with Crippen LogP contribution in [0.15, 0.2) is 30.6 Å². The Hall–Kier alpha value is -2.67. The first-order chi connectivity index (χ1) is 13.1. The van der Waals surface area contributed by atoms with E-state index in [1.807, 2.05) is 19.1 Å². The van der Waals surface area contributed by atoms with Crippen LogP contribution in [0.25, 0.3) is 0 Å². The molecule has 0 aliphatic heterocycles. The quantitative estimate of drug-likeness (QED) is 0.624. The topological polar surface area (TPSA) is 79.4 Å². The number of nitrogens with zero attached hydrogens (tertiary/aromatic N) is 3. The summed E-state index contributed by atoms with van der Waals surface area (Å²) in [5, 5.41) is 6.05. The number of aromatic nitrogens is 2. The normalized spacial score (nSPS) is 10.5. The molecule has 0 aliphatic rings. The first kappa shape index (κ1) is 20.6. The highest BCUT2D eigenvalue weighted by Gasteiger charge is 2.11. The molecule has 7 heteroatoms. The summed E-state index contributed by atoms with van der Waals surface area (Å²) in [7, 11) is 1.67. The van der Waals surface area contributed by atoms with Gasteiger partial charge in [-0.2, -0.15) is 0 Å². The van der Waals surface area contributed by atoms with E-state index in [0.717, 1.165) is 43.0 Å². The molecular weight excluding hydrogens is 342 g/mol. The summed E-state index contributed by atoms with van der Waals surface area (Å²) in [6.45, 7) is 9.57. The first-order valence-electron chi connectivity index (χ1n) is 9.30. The number of ether oxygens (including phenoxy) is 1. The van der Waals surface area contributed by atoms with Crippen molar-refractivity contribution < 1.29 is 9.53 Å². The minimum absolute atomic E-state index is 0.271. The van der Waals surface area contributed by atoms with Gasteiger partial charge in [0.05, 0.1) is 12.4 Å². The number of nitrogens with one attached hydrogen (secondary N) is 2. The average molecular weight is 371 g/mol. The minimum atomic E-state index is -0.271. The van der Waals surface area contributed by atoms with Gasteiger partial charge in [-0.25, -0.2) is 9.97 Å². The Labute approximate surface area is 161 Å². The summed E-state index contributed by atoms with van der Waals surface area (Å²) in [5.41, 5.74) is 3.22. The second kappa shape index (κ2) is 10.5. The van der Waals surface area contributed by atoms with Gasteiger partial charge in [0.2, 0.25) is 0 Å². The van der Waals surface area contributed by atoms with Gasteiger partial charge in [0.1, 0.15) is 11.5 Å². The molecule has 1 heterocycles. The molecule has 0 fully saturated rings. The third-order valence-corrected chi connectivity index (χ3v) is 4.30. The number of hydrogen-bond acceptors (Lipinski definition) is 6. The number of rotatable bonds is 10. The molecule has 0 bridgehead atoms. The molecular formula is C20H29N5O2. The Morgan fingerprint density at radius 3 is 2.56 bits per heavy atom. The van der Waals surface area contributed by atoms with Gasteiger partial charge in [-0.05, 0) is 51.0 Å². The van der Waals surface area contributed by atoms with Crippen LogP contribution in [0.5, 0.6) is 0 Å². The lowest BCUT2D eigenvalue weighted by Gasteiger charge is -2.22. The number of benzene rings is 1. The maximum absolute atomic E-state index is 12.4. The van der Waals surface area contributed by atoms with E-state index >= 15 is 0 Å². The molecule has 1 aromatic carbocycles. The zero-order valence-electron chi connectivity index (χ0n) is 16.6. The lowest BCUT2D eigenvalue weighted by atomic mass is 10.1. The number of hydrogen-bond donors (Lipinski definition) is 2. The van der Waals surface area contributed by atoms with Crippen LogP contribution in [0.3, 0.4) is 0 Å². The number of amides is 1. The van der Waals surface area contributed by atoms with Gasteiger partial charge >= 0.3 is 0 Å². The van der Waals surface area contributed by atoms with Crippen LogP contribution >= 0.6 is 0 Å². The highest BCUT2D eigenvalue weighted by Crippen LogP contribution is 2.23. The summed E-state index contributed by atoms with van der Waals surface area (Å²) in [4.78, 5) is 23.2. The summed E-state index contributed by atoms with van der Waals surface area (Å²) >= 11 is 0. The van der Waals surface area contributed by atoms with Crippen molar-refractivity contribution in [2.75, 3.05) is 48.9 Å². The molecule has 0 radical (unpaired) electrons. The summed E-state index contributed by atoms with van der Waals surface area (Å²) < 4.78 is 5.00. The SMILES string of the molecule is CCN(CC)c1ccc(NC(=O)c2cnc(NCCCOC)cn2)c(C)c1. The first-order valence-corrected chi connectivity index (χ1v) is 9.30. The van der Waals surface area contributed by atoms with E-state index in [0.29, 0.717) is 12.4 Å². The molecule has 0 saturated heterocycles. The van der Waals surface area contributed by atoms with Crippen molar-refractivity contribution >= 4 is 23.1 Å². The van der Waals surface area contributed by atoms with Crippen LogP contribution in [-0.4, -0.2) is 49.2 Å². The van der Waals surface area contributed by atoms with Crippen LogP contribution < -0.4 is 15.5 Å². The molecule has 1 amide bonds. The van der Waals surface area contributed by atoms with Crippen LogP contribution in [0.2, 0.25) is 0 Å². The van der Waals surface area contributed by atoms with Crippen LogP contribution in [0.1, 0.15) is 36.3 Å². The molecule has 0 spiro atoms. The van der Waals surface area contributed by atoms with Crippen LogP contribution in [-0.2, 0) is 4.74 Å². The number of carbonyl (C=O) groups is 1. The summed E-state index contributed by atoms with van der Waals surface area (Å²) in [5.74, 6) is 0.370. The van der Waals surface area contributed by atoms with E-state index in [4.69, 9.17) is 4.74 Å². The van der Waals surface area contributed by atoms with Gasteiger partial charge in [-0.1, -0.05) is 0 Å². The van der Waals surface area contributed by atoms with E-state index in [1.165, 1.54) is 6.20 Å². The fourth-order valence-corrected chi connectivity index (χ4v) is 2.73. The number of carbonyl (C=O) groups excluding carboxylic acids is 1. The molecule has 7 nitrogen and oxygen atoms in total. The molecule has 2 aromatic rings. The Morgan fingerprint density at radius 2 is 1.96 bits per heavy atom. The smallest absolute Gasteiger partial charge is 0.275 e. The average Bonchev–Trinajstić information content (AvgIpc) is 2.68. The lowest BCUT2D eigenvalue weighted by Crippen LogP contribution is -2.22. The second-order valence-electron chi connectivity index (χ2n) is 6.19. The Morgan fingerprint density at radius 1 is 1.19 bits per heavy atom. The Kier molecular flexibility index (Phi) is 8.00. The molecule has 2 rings (SSSR count). The zero-order chi connectivity index (χ0) is 19.6. The van der Waals surface area contributed by atoms with Gasteiger partial charge in [0.15, 0.2) is 0 Å². The van der Waals surface area contributed by atoms with Crippen LogP contribution in [0.4, 0.5) is 17.2 Å². The largest absolute Gasteiger partial charge is 0.385 e. The molecule has 0 atom stereocenters. The van der Waals surface area contributed by atoms with Gasteiger partial charge in [0.25, 0.3) is 5.91 Å². The van der Waals surface area contributed by atoms with Gasteiger partial charge in [-0.3, -0.25) is 4.79 Å². The van der Waals surface area contributed by atoms with Crippen LogP contribution in [0, 0.1) is 6.92 Å². The van der Waals surface area contributed by atoms with Crippen molar-refractivity contribution in [2.24, 2.45) is 0 Å². The fourth-order valence-electron chi connectivity index (χ4n) is 2.73. The van der Waals surface area contributed by atoms with E-state index in [1.54, 1.807) is 13.3 Å². The third-order valence-electron chi connectivity index (χ3n) is 4.30. The molecule has 2 N–H and O–H groups in total. The number of aryl methyl sites for hydroxylation is 1. The Bertz CT molecular complexity index is 730. The van der Waals surface area contributed by atoms with E-state index in [9.17, 15) is 4.79 Å². The molecule has 0 aliphatic carbocycles. The van der Waals surface area contributed by atoms with Crippen molar-refractivity contribution in [3.8, 4) is 0 Å². The van der Waals surface area contributed by atoms with Crippen molar-refractivity contribution in [1.29, 1.82) is 0 Å². The van der Waals surface area contributed by atoms with E-state index in [-0.39, 0.29) is 11.6 Å². The van der Waals surface area contributed by atoms with Gasteiger partial charge in [0, 0.05) is 44.7 Å². The number of anilines is 3. The predicted molar refractivity (Wildman–Crippen MR) is 110 cm³/mol. The van der Waals surface area contributed by atoms with Crippen molar-refractivity contribution in [2.45, 2.75) is 27.2 Å². The highest BCUT2D eigenvalue weighted by atomic mass is 16.5. The van der Waals surface area contributed by atoms with Crippen molar-refractivity contribution in [3.63, 3.8) is 0 Å². The van der Waals surface area contributed by atoms with Crippen molar-refractivity contribution in [3.05, 3.63) is 41.9 Å². The van der Waals surface area contributed by atoms with Crippen molar-refractivity contribution in [1.82, 2.24) is 9.97 Å². The summed E-state index contributed by atoms with van der Waals surface area (Å²) in [6, 6.07) is 6.04. The van der Waals surface area contributed by atoms with E-state index < -0.39 is 0 Å². The maximum Gasteiger partial charge on any atom is 0.275 e. The second-order valence-corrected chi connectivity index (χ2v) is 6.19. The third kappa shape index (κ3) is 5.92. The minimum Gasteiger partial charge on any atom is -0.385 e. The molecule has 0 unspecified atom stereocenters. The zero-order valence-corrected chi connectivity index (χ0v) is 16.6. The molecule has 27 heavy (non-hydrogen) atoms. The standard InChI is InChI=1S/C20H29N5O2/c1-5-25(6-2)16-8-9-17(15(3)12-16)24-20(26)18-13-23-19(14-22-18)21-10-7-11-27-4/h8-9,12-14H,5-7,10-11H2,1-4H3,(H,21,23)(H,24,26). The fraction of sp³-hybridized carbons (Fsp3) is 0.450.